The number of aromatic nitrogens is 2. The summed E-state index contributed by atoms with van der Waals surface area (Å²) in [6.07, 6.45) is 1.46. The smallest absolute Gasteiger partial charge is 0.258 e. The molecule has 5 heteroatoms. The zero-order valence-electron chi connectivity index (χ0n) is 8.68. The van der Waals surface area contributed by atoms with Crippen molar-refractivity contribution in [3.05, 3.63) is 39.2 Å². The zero-order chi connectivity index (χ0) is 11.7. The highest BCUT2D eigenvalue weighted by molar-refractivity contribution is 6.31. The fraction of sp³-hybridized carbons (Fsp3) is 0.273. The quantitative estimate of drug-likeness (QED) is 0.877. The fourth-order valence-electron chi connectivity index (χ4n) is 1.57. The first-order chi connectivity index (χ1) is 7.61. The number of fused-ring (bicyclic) bond motifs is 1. The Hall–Kier alpha value is -1.42. The van der Waals surface area contributed by atoms with Crippen molar-refractivity contribution in [3.8, 4) is 0 Å². The molecule has 1 N–H and O–H groups in total. The van der Waals surface area contributed by atoms with E-state index in [1.807, 2.05) is 6.92 Å². The van der Waals surface area contributed by atoms with Crippen LogP contribution < -0.4 is 5.56 Å². The standard InChI is InChI=1S/C11H10ClFN2O/c1-2-3-9-14-10-7(11(16)15-9)4-6(12)5-8(10)13/h4-5H,2-3H2,1H3,(H,14,15,16). The van der Waals surface area contributed by atoms with Crippen LogP contribution in [-0.2, 0) is 6.42 Å². The van der Waals surface area contributed by atoms with Crippen LogP contribution in [0.1, 0.15) is 19.2 Å². The molecule has 0 aliphatic heterocycles. The van der Waals surface area contributed by atoms with E-state index in [9.17, 15) is 9.18 Å². The van der Waals surface area contributed by atoms with Gasteiger partial charge in [0.1, 0.15) is 11.3 Å². The Bertz CT molecular complexity index is 594. The van der Waals surface area contributed by atoms with Gasteiger partial charge in [-0.15, -0.1) is 0 Å². The number of aryl methyl sites for hydroxylation is 1. The minimum Gasteiger partial charge on any atom is -0.310 e. The number of halogens is 2. The molecule has 84 valence electrons. The maximum Gasteiger partial charge on any atom is 0.258 e. The third-order valence-corrected chi connectivity index (χ3v) is 2.48. The zero-order valence-corrected chi connectivity index (χ0v) is 9.44. The maximum absolute atomic E-state index is 13.5. The van der Waals surface area contributed by atoms with E-state index in [0.29, 0.717) is 12.2 Å². The largest absolute Gasteiger partial charge is 0.310 e. The number of aromatic amines is 1. The summed E-state index contributed by atoms with van der Waals surface area (Å²) in [5.74, 6) is -0.0628. The Labute approximate surface area is 96.3 Å². The lowest BCUT2D eigenvalue weighted by Gasteiger charge is -2.02. The van der Waals surface area contributed by atoms with E-state index in [1.165, 1.54) is 6.07 Å². The predicted octanol–water partition coefficient (Wildman–Crippen LogP) is 2.67. The second kappa shape index (κ2) is 4.22. The summed E-state index contributed by atoms with van der Waals surface area (Å²) in [5.41, 5.74) is -0.272. The maximum atomic E-state index is 13.5. The molecule has 0 bridgehead atoms. The number of rotatable bonds is 2. The predicted molar refractivity (Wildman–Crippen MR) is 61.3 cm³/mol. The van der Waals surface area contributed by atoms with Crippen LogP contribution in [0, 0.1) is 5.82 Å². The first-order valence-corrected chi connectivity index (χ1v) is 5.37. The normalized spacial score (nSPS) is 10.9. The van der Waals surface area contributed by atoms with Crippen LogP contribution in [-0.4, -0.2) is 9.97 Å². The summed E-state index contributed by atoms with van der Waals surface area (Å²) in [5, 5.41) is 0.380. The van der Waals surface area contributed by atoms with Gasteiger partial charge >= 0.3 is 0 Å². The Morgan fingerprint density at radius 3 is 2.94 bits per heavy atom. The van der Waals surface area contributed by atoms with Gasteiger partial charge in [0.15, 0.2) is 5.82 Å². The molecule has 0 radical (unpaired) electrons. The van der Waals surface area contributed by atoms with Crippen LogP contribution in [0.4, 0.5) is 4.39 Å². The van der Waals surface area contributed by atoms with E-state index in [2.05, 4.69) is 9.97 Å². The molecule has 1 heterocycles. The third kappa shape index (κ3) is 1.93. The lowest BCUT2D eigenvalue weighted by Crippen LogP contribution is -2.12. The molecule has 0 fully saturated rings. The minimum atomic E-state index is -0.564. The van der Waals surface area contributed by atoms with Crippen LogP contribution in [0.3, 0.4) is 0 Å². The van der Waals surface area contributed by atoms with E-state index >= 15 is 0 Å². The summed E-state index contributed by atoms with van der Waals surface area (Å²) in [6.45, 7) is 1.96. The first-order valence-electron chi connectivity index (χ1n) is 4.99. The summed E-state index contributed by atoms with van der Waals surface area (Å²) in [7, 11) is 0. The molecule has 0 saturated heterocycles. The highest BCUT2D eigenvalue weighted by Gasteiger charge is 2.09. The van der Waals surface area contributed by atoms with Crippen molar-refractivity contribution >= 4 is 22.5 Å². The van der Waals surface area contributed by atoms with Crippen LogP contribution in [0.15, 0.2) is 16.9 Å². The fourth-order valence-corrected chi connectivity index (χ4v) is 1.77. The number of hydrogen-bond donors (Lipinski definition) is 1. The summed E-state index contributed by atoms with van der Waals surface area (Å²) in [6, 6.07) is 2.58. The number of benzene rings is 1. The van der Waals surface area contributed by atoms with Crippen molar-refractivity contribution in [1.82, 2.24) is 9.97 Å². The lowest BCUT2D eigenvalue weighted by atomic mass is 10.2. The SMILES string of the molecule is CCCc1nc2c(F)cc(Cl)cc2c(=O)[nH]1. The number of nitrogens with one attached hydrogen (secondary N) is 1. The molecule has 1 aromatic carbocycles. The van der Waals surface area contributed by atoms with Crippen molar-refractivity contribution in [2.75, 3.05) is 0 Å². The summed E-state index contributed by atoms with van der Waals surface area (Å²) >= 11 is 5.68. The van der Waals surface area contributed by atoms with Gasteiger partial charge in [-0.3, -0.25) is 4.79 Å². The Kier molecular flexibility index (Phi) is 2.92. The van der Waals surface area contributed by atoms with Gasteiger partial charge in [-0.1, -0.05) is 18.5 Å². The molecule has 0 unspecified atom stereocenters. The summed E-state index contributed by atoms with van der Waals surface area (Å²) in [4.78, 5) is 18.3. The van der Waals surface area contributed by atoms with Gasteiger partial charge in [0.2, 0.25) is 0 Å². The highest BCUT2D eigenvalue weighted by atomic mass is 35.5. The molecule has 1 aromatic heterocycles. The van der Waals surface area contributed by atoms with Crippen LogP contribution in [0.5, 0.6) is 0 Å². The van der Waals surface area contributed by atoms with Gasteiger partial charge in [-0.05, 0) is 18.6 Å². The van der Waals surface area contributed by atoms with Gasteiger partial charge in [-0.2, -0.15) is 0 Å². The van der Waals surface area contributed by atoms with Crippen LogP contribution in [0.25, 0.3) is 10.9 Å². The second-order valence-corrected chi connectivity index (χ2v) is 3.98. The number of hydrogen-bond acceptors (Lipinski definition) is 2. The molecule has 0 amide bonds. The van der Waals surface area contributed by atoms with Crippen molar-refractivity contribution in [2.24, 2.45) is 0 Å². The average molecular weight is 241 g/mol. The van der Waals surface area contributed by atoms with E-state index in [4.69, 9.17) is 11.6 Å². The second-order valence-electron chi connectivity index (χ2n) is 3.55. The molecule has 2 rings (SSSR count). The van der Waals surface area contributed by atoms with E-state index in [-0.39, 0.29) is 21.5 Å². The Morgan fingerprint density at radius 1 is 1.50 bits per heavy atom. The monoisotopic (exact) mass is 240 g/mol. The topological polar surface area (TPSA) is 45.8 Å². The minimum absolute atomic E-state index is 0.0802. The van der Waals surface area contributed by atoms with Crippen molar-refractivity contribution < 1.29 is 4.39 Å². The summed E-state index contributed by atoms with van der Waals surface area (Å²) < 4.78 is 13.5. The molecule has 0 aliphatic carbocycles. The van der Waals surface area contributed by atoms with E-state index < -0.39 is 5.82 Å². The molecule has 0 aliphatic rings. The molecule has 16 heavy (non-hydrogen) atoms. The van der Waals surface area contributed by atoms with Gasteiger partial charge in [-0.25, -0.2) is 9.37 Å². The van der Waals surface area contributed by atoms with Crippen molar-refractivity contribution in [3.63, 3.8) is 0 Å². The molecular weight excluding hydrogens is 231 g/mol. The lowest BCUT2D eigenvalue weighted by molar-refractivity contribution is 0.635. The molecule has 0 spiro atoms. The highest BCUT2D eigenvalue weighted by Crippen LogP contribution is 2.18. The first kappa shape index (κ1) is 11.1. The Balaban J connectivity index is 2.77. The van der Waals surface area contributed by atoms with E-state index in [0.717, 1.165) is 12.5 Å². The van der Waals surface area contributed by atoms with Gasteiger partial charge in [0, 0.05) is 11.4 Å². The van der Waals surface area contributed by atoms with Gasteiger partial charge in [0.25, 0.3) is 5.56 Å². The average Bonchev–Trinajstić information content (AvgIpc) is 2.20. The molecule has 0 atom stereocenters. The van der Waals surface area contributed by atoms with Crippen LogP contribution >= 0.6 is 11.6 Å². The molecular formula is C11H10ClFN2O. The van der Waals surface area contributed by atoms with E-state index in [1.54, 1.807) is 0 Å². The Morgan fingerprint density at radius 2 is 2.25 bits per heavy atom. The number of H-pyrrole nitrogens is 1. The number of nitrogens with zero attached hydrogens (tertiary/aromatic N) is 1. The molecule has 0 saturated carbocycles. The van der Waals surface area contributed by atoms with Gasteiger partial charge < -0.3 is 4.98 Å². The van der Waals surface area contributed by atoms with Gasteiger partial charge in [0.05, 0.1) is 5.39 Å². The third-order valence-electron chi connectivity index (χ3n) is 2.26. The molecule has 2 aromatic rings. The van der Waals surface area contributed by atoms with Crippen molar-refractivity contribution in [2.45, 2.75) is 19.8 Å². The molecule has 3 nitrogen and oxygen atoms in total. The van der Waals surface area contributed by atoms with Crippen molar-refractivity contribution in [1.29, 1.82) is 0 Å². The van der Waals surface area contributed by atoms with Crippen LogP contribution in [0.2, 0.25) is 5.02 Å².